The van der Waals surface area contributed by atoms with Crippen molar-refractivity contribution in [3.8, 4) is 11.5 Å². The smallest absolute Gasteiger partial charge is 0.318 e. The van der Waals surface area contributed by atoms with Gasteiger partial charge in [0.1, 0.15) is 5.75 Å². The van der Waals surface area contributed by atoms with Crippen molar-refractivity contribution in [3.63, 3.8) is 0 Å². The minimum atomic E-state index is -0.399. The first-order valence-corrected chi connectivity index (χ1v) is 12.5. The number of nitrogens with zero attached hydrogens (tertiary/aromatic N) is 2. The molecular formula is C32H26N2O3. The van der Waals surface area contributed by atoms with Crippen molar-refractivity contribution in [1.29, 1.82) is 0 Å². The van der Waals surface area contributed by atoms with Gasteiger partial charge in [-0.1, -0.05) is 84.4 Å². The molecule has 0 spiro atoms. The molecular weight excluding hydrogens is 460 g/mol. The Morgan fingerprint density at radius 2 is 1.49 bits per heavy atom. The van der Waals surface area contributed by atoms with E-state index in [2.05, 4.69) is 40.6 Å². The Morgan fingerprint density at radius 1 is 0.811 bits per heavy atom. The summed E-state index contributed by atoms with van der Waals surface area (Å²) < 4.78 is 5.85. The molecule has 4 aromatic carbocycles. The van der Waals surface area contributed by atoms with Gasteiger partial charge in [0.25, 0.3) is 0 Å². The molecule has 182 valence electrons. The number of carbonyl (C=O) groups excluding carboxylic acids is 1. The van der Waals surface area contributed by atoms with E-state index in [0.717, 1.165) is 16.7 Å². The van der Waals surface area contributed by atoms with Gasteiger partial charge in [-0.05, 0) is 60.2 Å². The van der Waals surface area contributed by atoms with Crippen LogP contribution in [0.3, 0.4) is 0 Å². The maximum atomic E-state index is 13.4. The summed E-state index contributed by atoms with van der Waals surface area (Å²) in [6.07, 6.45) is 2.84. The first kappa shape index (κ1) is 22.9. The lowest BCUT2D eigenvalue weighted by Gasteiger charge is -2.38. The van der Waals surface area contributed by atoms with Crippen molar-refractivity contribution in [2.45, 2.75) is 25.2 Å². The number of allylic oxidation sites excluding steroid dienone is 1. The van der Waals surface area contributed by atoms with Crippen LogP contribution in [0.1, 0.15) is 40.5 Å². The van der Waals surface area contributed by atoms with E-state index in [4.69, 9.17) is 4.74 Å². The highest BCUT2D eigenvalue weighted by atomic mass is 16.5. The van der Waals surface area contributed by atoms with Gasteiger partial charge >= 0.3 is 5.97 Å². The molecule has 3 unspecified atom stereocenters. The summed E-state index contributed by atoms with van der Waals surface area (Å²) in [7, 11) is 0. The van der Waals surface area contributed by atoms with Crippen molar-refractivity contribution in [3.05, 3.63) is 125 Å². The van der Waals surface area contributed by atoms with Crippen LogP contribution in [0.4, 0.5) is 11.4 Å². The van der Waals surface area contributed by atoms with E-state index in [9.17, 15) is 9.90 Å². The summed E-state index contributed by atoms with van der Waals surface area (Å²) >= 11 is 0. The number of aromatic hydroxyl groups is 1. The Morgan fingerprint density at radius 3 is 2.19 bits per heavy atom. The van der Waals surface area contributed by atoms with Crippen LogP contribution in [0.15, 0.2) is 113 Å². The number of phenolic OH excluding ortho intramolecular Hbond substituents is 1. The Kier molecular flexibility index (Phi) is 5.89. The number of azo groups is 1. The number of carbonyl (C=O) groups is 1. The SMILES string of the molecule is Cc1ccc(N=Nc2c(O)ccc3c2OC(=O)C2CC(c4ccccc4)C(c4ccccc4)C=C32)cc1. The summed E-state index contributed by atoms with van der Waals surface area (Å²) in [4.78, 5) is 13.4. The number of rotatable bonds is 4. The van der Waals surface area contributed by atoms with Crippen LogP contribution >= 0.6 is 0 Å². The van der Waals surface area contributed by atoms with Gasteiger partial charge in [0, 0.05) is 11.5 Å². The van der Waals surface area contributed by atoms with Gasteiger partial charge in [-0.15, -0.1) is 5.11 Å². The third kappa shape index (κ3) is 4.33. The highest BCUT2D eigenvalue weighted by Gasteiger charge is 2.42. The molecule has 0 bridgehead atoms. The largest absolute Gasteiger partial charge is 0.505 e. The van der Waals surface area contributed by atoms with Gasteiger partial charge in [-0.25, -0.2) is 0 Å². The predicted octanol–water partition coefficient (Wildman–Crippen LogP) is 8.01. The first-order chi connectivity index (χ1) is 18.1. The lowest BCUT2D eigenvalue weighted by atomic mass is 9.68. The molecule has 3 atom stereocenters. The maximum Gasteiger partial charge on any atom is 0.318 e. The van der Waals surface area contributed by atoms with Crippen LogP contribution in [0.2, 0.25) is 0 Å². The quantitative estimate of drug-likeness (QED) is 0.180. The van der Waals surface area contributed by atoms with Gasteiger partial charge in [0.15, 0.2) is 11.4 Å². The fraction of sp³-hybridized carbons (Fsp3) is 0.156. The lowest BCUT2D eigenvalue weighted by Crippen LogP contribution is -2.32. The van der Waals surface area contributed by atoms with Crippen LogP contribution in [-0.2, 0) is 4.79 Å². The predicted molar refractivity (Wildman–Crippen MR) is 144 cm³/mol. The fourth-order valence-corrected chi connectivity index (χ4v) is 5.38. The van der Waals surface area contributed by atoms with E-state index >= 15 is 0 Å². The second-order valence-electron chi connectivity index (χ2n) is 9.63. The summed E-state index contributed by atoms with van der Waals surface area (Å²) in [5.41, 5.74) is 6.00. The Labute approximate surface area is 215 Å². The van der Waals surface area contributed by atoms with Crippen molar-refractivity contribution in [1.82, 2.24) is 0 Å². The van der Waals surface area contributed by atoms with Gasteiger partial charge < -0.3 is 9.84 Å². The fourth-order valence-electron chi connectivity index (χ4n) is 5.38. The lowest BCUT2D eigenvalue weighted by molar-refractivity contribution is -0.138. The van der Waals surface area contributed by atoms with Crippen molar-refractivity contribution < 1.29 is 14.6 Å². The molecule has 37 heavy (non-hydrogen) atoms. The van der Waals surface area contributed by atoms with E-state index < -0.39 is 5.92 Å². The minimum Gasteiger partial charge on any atom is -0.505 e. The molecule has 1 N–H and O–H groups in total. The molecule has 0 fully saturated rings. The van der Waals surface area contributed by atoms with Crippen LogP contribution in [0.5, 0.6) is 11.5 Å². The summed E-state index contributed by atoms with van der Waals surface area (Å²) in [6.45, 7) is 2.00. The second-order valence-corrected chi connectivity index (χ2v) is 9.63. The number of ether oxygens (including phenoxy) is 1. The number of esters is 1. The van der Waals surface area contributed by atoms with Crippen molar-refractivity contribution in [2.24, 2.45) is 16.1 Å². The summed E-state index contributed by atoms with van der Waals surface area (Å²) in [5.74, 6) is -0.343. The van der Waals surface area contributed by atoms with Gasteiger partial charge in [-0.2, -0.15) is 5.11 Å². The monoisotopic (exact) mass is 486 g/mol. The van der Waals surface area contributed by atoms with Gasteiger partial charge in [0.05, 0.1) is 11.6 Å². The normalized spacial score (nSPS) is 20.6. The van der Waals surface area contributed by atoms with E-state index in [0.29, 0.717) is 12.1 Å². The number of fused-ring (bicyclic) bond motifs is 3. The third-order valence-corrected chi connectivity index (χ3v) is 7.28. The zero-order chi connectivity index (χ0) is 25.4. The zero-order valence-corrected chi connectivity index (χ0v) is 20.4. The molecule has 4 aromatic rings. The Hall–Kier alpha value is -4.51. The van der Waals surface area contributed by atoms with Crippen LogP contribution in [0.25, 0.3) is 5.57 Å². The maximum absolute atomic E-state index is 13.4. The number of phenols is 1. The van der Waals surface area contributed by atoms with E-state index in [1.807, 2.05) is 73.7 Å². The average molecular weight is 487 g/mol. The molecule has 2 aliphatic rings. The minimum absolute atomic E-state index is 0.0834. The van der Waals surface area contributed by atoms with Gasteiger partial charge in [0.2, 0.25) is 0 Å². The van der Waals surface area contributed by atoms with Crippen molar-refractivity contribution in [2.75, 3.05) is 0 Å². The molecule has 1 heterocycles. The number of hydrogen-bond acceptors (Lipinski definition) is 5. The zero-order valence-electron chi connectivity index (χ0n) is 20.4. The molecule has 5 nitrogen and oxygen atoms in total. The molecule has 6 rings (SSSR count). The van der Waals surface area contributed by atoms with Crippen LogP contribution in [0, 0.1) is 12.8 Å². The molecule has 1 aliphatic heterocycles. The standard InChI is InChI=1S/C32H26N2O3/c1-20-12-14-23(15-13-20)33-34-30-29(35)17-16-24-27-18-25(21-8-4-2-5-9-21)26(22-10-6-3-7-11-22)19-28(27)32(36)37-31(24)30/h2-18,25-26,28,35H,19H2,1H3. The molecule has 5 heteroatoms. The first-order valence-electron chi connectivity index (χ1n) is 12.5. The molecule has 0 radical (unpaired) electrons. The average Bonchev–Trinajstić information content (AvgIpc) is 2.94. The van der Waals surface area contributed by atoms with E-state index in [-0.39, 0.29) is 35.0 Å². The number of benzene rings is 4. The van der Waals surface area contributed by atoms with Crippen LogP contribution < -0.4 is 4.74 Å². The Bertz CT molecular complexity index is 1510. The molecule has 1 aliphatic carbocycles. The number of aryl methyl sites for hydroxylation is 1. The van der Waals surface area contributed by atoms with E-state index in [1.54, 1.807) is 6.07 Å². The highest BCUT2D eigenvalue weighted by molar-refractivity contribution is 5.98. The second kappa shape index (κ2) is 9.51. The molecule has 0 amide bonds. The van der Waals surface area contributed by atoms with Crippen LogP contribution in [-0.4, -0.2) is 11.1 Å². The molecule has 0 aromatic heterocycles. The van der Waals surface area contributed by atoms with E-state index in [1.165, 1.54) is 11.1 Å². The third-order valence-electron chi connectivity index (χ3n) is 7.28. The summed E-state index contributed by atoms with van der Waals surface area (Å²) in [5, 5.41) is 19.2. The van der Waals surface area contributed by atoms with Gasteiger partial charge in [-0.3, -0.25) is 4.79 Å². The highest BCUT2D eigenvalue weighted by Crippen LogP contribution is 2.54. The molecule has 0 saturated carbocycles. The van der Waals surface area contributed by atoms with Crippen molar-refractivity contribution >= 4 is 22.9 Å². The number of hydrogen-bond donors (Lipinski definition) is 1. The topological polar surface area (TPSA) is 71.2 Å². The molecule has 0 saturated heterocycles. The Balaban J connectivity index is 1.47. The summed E-state index contributed by atoms with van der Waals surface area (Å²) in [6, 6.07) is 31.7.